The zero-order valence-corrected chi connectivity index (χ0v) is 64.6. The maximum atomic E-state index is 11.5. The van der Waals surface area contributed by atoms with Gasteiger partial charge in [-0.15, -0.1) is 11.3 Å². The van der Waals surface area contributed by atoms with E-state index in [9.17, 15) is 21.6 Å². The second-order valence-corrected chi connectivity index (χ2v) is 34.2. The van der Waals surface area contributed by atoms with Gasteiger partial charge in [-0.3, -0.25) is 35.0 Å². The van der Waals surface area contributed by atoms with Gasteiger partial charge in [0.15, 0.2) is 5.13 Å². The molecule has 1 amide bonds. The number of carbonyl (C=O) groups excluding carboxylic acids is 1. The van der Waals surface area contributed by atoms with Crippen molar-refractivity contribution in [1.29, 1.82) is 0 Å². The molecule has 6 fully saturated rings. The van der Waals surface area contributed by atoms with Gasteiger partial charge in [0, 0.05) is 216 Å². The van der Waals surface area contributed by atoms with E-state index in [4.69, 9.17) is 68.3 Å². The Morgan fingerprint density at radius 1 is 0.500 bits per heavy atom. The van der Waals surface area contributed by atoms with Crippen LogP contribution in [-0.4, -0.2) is 196 Å². The smallest absolute Gasteiger partial charge is 0.276 e. The van der Waals surface area contributed by atoms with Gasteiger partial charge in [0.05, 0.1) is 64.8 Å². The molecule has 0 saturated carbocycles. The van der Waals surface area contributed by atoms with Crippen LogP contribution < -0.4 is 40.1 Å². The van der Waals surface area contributed by atoms with Crippen molar-refractivity contribution in [3.8, 4) is 11.1 Å². The summed E-state index contributed by atoms with van der Waals surface area (Å²) in [6.07, 6.45) is 23.3. The van der Waals surface area contributed by atoms with Gasteiger partial charge < -0.3 is 29.8 Å². The highest BCUT2D eigenvalue weighted by atomic mass is 35.5. The van der Waals surface area contributed by atoms with Crippen LogP contribution in [0, 0.1) is 16.7 Å². The minimum absolute atomic E-state index is 0.0804. The lowest BCUT2D eigenvalue weighted by atomic mass is 9.71. The van der Waals surface area contributed by atoms with Crippen LogP contribution in [-0.2, 0) is 32.3 Å². The maximum absolute atomic E-state index is 11.5. The van der Waals surface area contributed by atoms with E-state index in [-0.39, 0.29) is 16.7 Å². The summed E-state index contributed by atoms with van der Waals surface area (Å²) in [7, 11) is -3.52. The molecule has 6 aliphatic rings. The molecule has 0 aliphatic carbocycles. The number of hydrogen-bond acceptors (Lipinski definition) is 18. The number of piperazine rings is 1. The number of hydrogen-bond donors (Lipinski definition) is 8. The molecule has 560 valence electrons. The number of piperidine rings is 4. The quantitative estimate of drug-likeness (QED) is 0.0630. The second-order valence-electron chi connectivity index (χ2n) is 28.0. The first-order valence-corrected chi connectivity index (χ1v) is 40.8. The normalized spacial score (nSPS) is 18.0. The minimum atomic E-state index is -3.56. The molecule has 106 heavy (non-hydrogen) atoms. The molecule has 7 aromatic heterocycles. The number of nitrogens with zero attached hydrogens (tertiary/aromatic N) is 15. The van der Waals surface area contributed by atoms with E-state index < -0.39 is 20.4 Å². The van der Waals surface area contributed by atoms with Crippen molar-refractivity contribution in [1.82, 2.24) is 79.7 Å². The molecule has 13 heterocycles. The van der Waals surface area contributed by atoms with E-state index in [1.54, 1.807) is 29.3 Å². The maximum Gasteiger partial charge on any atom is 0.276 e. The first kappa shape index (κ1) is 74.8. The Morgan fingerprint density at radius 3 is 1.27 bits per heavy atom. The Bertz CT molecular complexity index is 5290. The molecule has 5 aromatic carbocycles. The molecule has 18 rings (SSSR count). The van der Waals surface area contributed by atoms with Gasteiger partial charge in [0.1, 0.15) is 0 Å². The summed E-state index contributed by atoms with van der Waals surface area (Å²) in [6, 6.07) is 19.4. The number of nitrogens with two attached hydrogens (primary N) is 2. The highest BCUT2D eigenvalue weighted by Crippen LogP contribution is 2.46. The fraction of sp³-hybridized carbons (Fsp3) is 0.400. The number of aromatic amines is 5. The number of fused-ring (bicyclic) bond motifs is 5. The number of benzene rings is 5. The Kier molecular flexibility index (Phi) is 22.3. The number of thiazole rings is 1. The van der Waals surface area contributed by atoms with Crippen LogP contribution in [0.1, 0.15) is 57.8 Å². The largest absolute Gasteiger partial charge is 0.371 e. The summed E-state index contributed by atoms with van der Waals surface area (Å²) < 4.78 is 50.2. The van der Waals surface area contributed by atoms with Crippen LogP contribution in [0.3, 0.4) is 0 Å². The molecule has 2 spiro atoms. The molecular formula is C70H82Cl5N23O5S3. The Labute approximate surface area is 641 Å². The molecule has 28 nitrogen and oxygen atoms in total. The Morgan fingerprint density at radius 2 is 0.877 bits per heavy atom. The highest BCUT2D eigenvalue weighted by molar-refractivity contribution is 7.87. The Hall–Kier alpha value is -8.05. The molecule has 0 radical (unpaired) electrons. The van der Waals surface area contributed by atoms with Gasteiger partial charge in [0.2, 0.25) is 5.91 Å². The molecule has 6 aliphatic heterocycles. The van der Waals surface area contributed by atoms with Crippen molar-refractivity contribution in [2.45, 2.75) is 57.8 Å². The van der Waals surface area contributed by atoms with Gasteiger partial charge >= 0.3 is 0 Å². The SMILES string of the molecule is CNC(=O)CC1CCN(c2cc(Cl)cc3[nH]ncc23)CC1.Clc1cc(N2CCN(c3nccs3)CC2)c2cn[nH]c2c1.Cn1cc(-c2cc(Cl)cc3[nH]ncc23)cn1.NS(=O)(=O)N1CC2(CCN(c3cc(Cl)cc4[nH]ncc34)CC2)C1.NS(=O)(=O)N1CCC2(CCN(c3cc(Cl)cc4[nH]ncc34)CC2)CC1. The topological polar surface area (TPSA) is 346 Å². The monoisotopic (exact) mass is 1600 g/mol. The van der Waals surface area contributed by atoms with Crippen molar-refractivity contribution >= 4 is 178 Å². The third-order valence-electron chi connectivity index (χ3n) is 21.4. The van der Waals surface area contributed by atoms with E-state index in [0.717, 1.165) is 215 Å². The minimum Gasteiger partial charge on any atom is -0.371 e. The number of aryl methyl sites for hydroxylation is 1. The summed E-state index contributed by atoms with van der Waals surface area (Å²) in [5.41, 5.74) is 11.6. The molecule has 0 unspecified atom stereocenters. The molecule has 6 saturated heterocycles. The van der Waals surface area contributed by atoms with Gasteiger partial charge in [-0.05, 0) is 129 Å². The summed E-state index contributed by atoms with van der Waals surface area (Å²) >= 11 is 32.6. The van der Waals surface area contributed by atoms with Crippen LogP contribution in [0.4, 0.5) is 27.9 Å². The molecule has 10 N–H and O–H groups in total. The van der Waals surface area contributed by atoms with E-state index >= 15 is 0 Å². The number of nitrogens with one attached hydrogen (secondary N) is 6. The standard InChI is InChI=1S/C16H22ClN5O2S.C15H19ClN4O.C14H18ClN5O2S.C14H14ClN5S.C11H9ClN4/c17-12-9-14-13(11-19-20-14)15(10-12)21-5-1-16(2-6-21)3-7-22(8-4-16)25(18,23)24;1-17-15(21)6-10-2-4-20(5-3-10)14-8-11(16)7-13-12(14)9-18-19-13;15-10-5-12-11(7-17-18-12)13(6-10)19-3-1-14(2-4-19)8-20(9-14)23(16,21)22;15-10-7-12-11(9-17-18-12)13(8-10)19-2-4-20(5-3-19)14-16-1-6-21-14;1-16-6-7(4-14-16)9-2-8(12)3-11-10(9)5-13-15-11/h9-11H,1-8H2,(H,19,20)(H2,18,23,24);7-10H,2-6H2,1H3,(H,17,21)(H,18,19);5-7H,1-4,8-9H2,(H,17,18)(H2,16,21,22);1,6-9H,2-5H2,(H,17,18);2-6H,1H3,(H,13,15). The Balaban J connectivity index is 0.000000112. The third kappa shape index (κ3) is 16.9. The summed E-state index contributed by atoms with van der Waals surface area (Å²) in [6.45, 7) is 11.5. The number of carbonyl (C=O) groups is 1. The predicted octanol–water partition coefficient (Wildman–Crippen LogP) is 11.6. The first-order chi connectivity index (χ1) is 50.9. The fourth-order valence-electron chi connectivity index (χ4n) is 15.5. The van der Waals surface area contributed by atoms with E-state index in [1.165, 1.54) is 8.61 Å². The molecule has 0 atom stereocenters. The van der Waals surface area contributed by atoms with Crippen LogP contribution in [0.15, 0.2) is 116 Å². The van der Waals surface area contributed by atoms with Gasteiger partial charge in [-0.2, -0.15) is 56.0 Å². The zero-order chi connectivity index (χ0) is 74.1. The van der Waals surface area contributed by atoms with E-state index in [2.05, 4.69) is 90.9 Å². The lowest BCUT2D eigenvalue weighted by molar-refractivity contribution is -0.121. The number of rotatable bonds is 10. The van der Waals surface area contributed by atoms with Crippen LogP contribution in [0.2, 0.25) is 25.1 Å². The van der Waals surface area contributed by atoms with Crippen molar-refractivity contribution < 1.29 is 21.6 Å². The average Bonchev–Trinajstić information content (AvgIpc) is 0.858. The van der Waals surface area contributed by atoms with Gasteiger partial charge in [0.25, 0.3) is 20.4 Å². The van der Waals surface area contributed by atoms with Crippen molar-refractivity contribution in [3.63, 3.8) is 0 Å². The van der Waals surface area contributed by atoms with Crippen LogP contribution >= 0.6 is 69.3 Å². The lowest BCUT2D eigenvalue weighted by Gasteiger charge is -2.52. The number of H-pyrrole nitrogens is 5. The number of amides is 1. The lowest BCUT2D eigenvalue weighted by Crippen LogP contribution is -2.63. The van der Waals surface area contributed by atoms with Crippen molar-refractivity contribution in [3.05, 3.63) is 141 Å². The van der Waals surface area contributed by atoms with E-state index in [1.807, 2.05) is 116 Å². The molecule has 0 bridgehead atoms. The third-order valence-corrected chi connectivity index (χ3v) is 25.4. The summed E-state index contributed by atoms with van der Waals surface area (Å²) in [5, 5.41) is 64.7. The summed E-state index contributed by atoms with van der Waals surface area (Å²) in [5.74, 6) is 0.605. The van der Waals surface area contributed by atoms with Crippen molar-refractivity contribution in [2.75, 3.05) is 123 Å². The summed E-state index contributed by atoms with van der Waals surface area (Å²) in [4.78, 5) is 27.5. The predicted molar refractivity (Wildman–Crippen MR) is 424 cm³/mol. The van der Waals surface area contributed by atoms with E-state index in [0.29, 0.717) is 58.6 Å². The number of anilines is 5. The first-order valence-electron chi connectivity index (χ1n) is 35.0. The fourth-order valence-corrected chi connectivity index (χ4v) is 18.8. The van der Waals surface area contributed by atoms with Gasteiger partial charge in [-0.1, -0.05) is 58.0 Å². The van der Waals surface area contributed by atoms with Crippen LogP contribution in [0.25, 0.3) is 65.6 Å². The highest BCUT2D eigenvalue weighted by Gasteiger charge is 2.49. The van der Waals surface area contributed by atoms with Crippen LogP contribution in [0.5, 0.6) is 0 Å². The van der Waals surface area contributed by atoms with Gasteiger partial charge in [-0.25, -0.2) is 15.3 Å². The molecule has 36 heteroatoms. The van der Waals surface area contributed by atoms with Crippen molar-refractivity contribution in [2.24, 2.45) is 34.1 Å². The average molecular weight is 1600 g/mol. The zero-order valence-electron chi connectivity index (χ0n) is 58.3. The number of aromatic nitrogens is 13. The molecule has 12 aromatic rings. The number of halogens is 5. The second kappa shape index (κ2) is 31.6. The molecular weight excluding hydrogens is 1520 g/mol.